The second-order valence-corrected chi connectivity index (χ2v) is 7.62. The van der Waals surface area contributed by atoms with Crippen LogP contribution in [0.1, 0.15) is 18.9 Å². The second kappa shape index (κ2) is 9.58. The van der Waals surface area contributed by atoms with Crippen molar-refractivity contribution in [2.75, 3.05) is 5.75 Å². The van der Waals surface area contributed by atoms with Crippen LogP contribution in [0.2, 0.25) is 5.02 Å². The van der Waals surface area contributed by atoms with Gasteiger partial charge in [-0.3, -0.25) is 9.36 Å². The van der Waals surface area contributed by atoms with Gasteiger partial charge in [0.25, 0.3) is 0 Å². The van der Waals surface area contributed by atoms with Crippen molar-refractivity contribution in [3.63, 3.8) is 0 Å². The highest BCUT2D eigenvalue weighted by atomic mass is 35.5. The van der Waals surface area contributed by atoms with Crippen LogP contribution >= 0.6 is 23.4 Å². The van der Waals surface area contributed by atoms with Crippen molar-refractivity contribution >= 4 is 29.3 Å². The highest BCUT2D eigenvalue weighted by molar-refractivity contribution is 7.99. The molecule has 1 heterocycles. The van der Waals surface area contributed by atoms with E-state index in [2.05, 4.69) is 27.6 Å². The number of aromatic nitrogens is 3. The van der Waals surface area contributed by atoms with E-state index in [4.69, 9.17) is 11.6 Å². The highest BCUT2D eigenvalue weighted by Crippen LogP contribution is 2.21. The Morgan fingerprint density at radius 3 is 2.81 bits per heavy atom. The molecule has 7 heteroatoms. The minimum atomic E-state index is -0.0128. The van der Waals surface area contributed by atoms with E-state index >= 15 is 0 Å². The van der Waals surface area contributed by atoms with Gasteiger partial charge in [-0.2, -0.15) is 0 Å². The van der Waals surface area contributed by atoms with Crippen LogP contribution < -0.4 is 5.32 Å². The Hall–Kier alpha value is -2.31. The van der Waals surface area contributed by atoms with Crippen molar-refractivity contribution in [1.29, 1.82) is 0 Å². The fraction of sp³-hybridized carbons (Fsp3) is 0.250. The number of aryl methyl sites for hydroxylation is 1. The topological polar surface area (TPSA) is 59.8 Å². The highest BCUT2D eigenvalue weighted by Gasteiger charge is 2.12. The Balaban J connectivity index is 1.49. The number of benzene rings is 2. The summed E-state index contributed by atoms with van der Waals surface area (Å²) in [4.78, 5) is 12.3. The smallest absolute Gasteiger partial charge is 0.230 e. The molecule has 0 spiro atoms. The first kappa shape index (κ1) is 19.5. The lowest BCUT2D eigenvalue weighted by Crippen LogP contribution is -2.34. The molecule has 0 aliphatic rings. The minimum Gasteiger partial charge on any atom is -0.353 e. The van der Waals surface area contributed by atoms with Gasteiger partial charge in [-0.25, -0.2) is 0 Å². The lowest BCUT2D eigenvalue weighted by atomic mass is 10.1. The van der Waals surface area contributed by atoms with Crippen molar-refractivity contribution in [2.24, 2.45) is 0 Å². The summed E-state index contributed by atoms with van der Waals surface area (Å²) in [7, 11) is 0. The summed E-state index contributed by atoms with van der Waals surface area (Å²) in [6, 6.07) is 17.8. The molecule has 3 aromatic rings. The molecule has 0 fully saturated rings. The van der Waals surface area contributed by atoms with E-state index in [1.165, 1.54) is 17.3 Å². The number of nitrogens with zero attached hydrogens (tertiary/aromatic N) is 3. The Morgan fingerprint density at radius 1 is 1.22 bits per heavy atom. The molecule has 0 aliphatic carbocycles. The van der Waals surface area contributed by atoms with E-state index in [1.54, 1.807) is 6.33 Å². The van der Waals surface area contributed by atoms with Crippen LogP contribution in [0.3, 0.4) is 0 Å². The summed E-state index contributed by atoms with van der Waals surface area (Å²) in [6.45, 7) is 2.03. The molecule has 1 N–H and O–H groups in total. The van der Waals surface area contributed by atoms with E-state index < -0.39 is 0 Å². The maximum absolute atomic E-state index is 12.3. The fourth-order valence-electron chi connectivity index (χ4n) is 2.67. The summed E-state index contributed by atoms with van der Waals surface area (Å²) in [5.74, 6) is 0.274. The van der Waals surface area contributed by atoms with E-state index in [9.17, 15) is 4.79 Å². The average molecular weight is 401 g/mol. The van der Waals surface area contributed by atoms with Gasteiger partial charge < -0.3 is 5.32 Å². The number of rotatable bonds is 8. The largest absolute Gasteiger partial charge is 0.353 e. The molecule has 5 nitrogen and oxygen atoms in total. The number of nitrogens with one attached hydrogen (secondary N) is 1. The lowest BCUT2D eigenvalue weighted by Gasteiger charge is -2.14. The minimum absolute atomic E-state index is 0.0128. The standard InChI is InChI=1S/C20H21ClN4OS/c1-15(10-11-16-6-3-2-4-7-16)23-19(26)13-27-20-24-22-14-25(20)18-9-5-8-17(21)12-18/h2-9,12,14-15H,10-11,13H2,1H3,(H,23,26). The zero-order valence-electron chi connectivity index (χ0n) is 15.0. The molecular formula is C20H21ClN4OS. The van der Waals surface area contributed by atoms with E-state index in [0.29, 0.717) is 10.2 Å². The quantitative estimate of drug-likeness (QED) is 0.577. The molecule has 1 aromatic heterocycles. The average Bonchev–Trinajstić information content (AvgIpc) is 3.14. The molecular weight excluding hydrogens is 380 g/mol. The summed E-state index contributed by atoms with van der Waals surface area (Å²) >= 11 is 7.40. The number of carbonyl (C=O) groups is 1. The van der Waals surface area contributed by atoms with Crippen LogP contribution in [0.15, 0.2) is 66.1 Å². The second-order valence-electron chi connectivity index (χ2n) is 6.24. The third kappa shape index (κ3) is 5.84. The molecule has 0 bridgehead atoms. The molecule has 0 saturated carbocycles. The van der Waals surface area contributed by atoms with Gasteiger partial charge in [-0.15, -0.1) is 10.2 Å². The first-order valence-corrected chi connectivity index (χ1v) is 10.1. The third-order valence-corrected chi connectivity index (χ3v) is 5.23. The molecule has 140 valence electrons. The number of thioether (sulfide) groups is 1. The fourth-order valence-corrected chi connectivity index (χ4v) is 3.60. The molecule has 0 saturated heterocycles. The van der Waals surface area contributed by atoms with Gasteiger partial charge in [0.15, 0.2) is 5.16 Å². The third-order valence-electron chi connectivity index (χ3n) is 4.05. The summed E-state index contributed by atoms with van der Waals surface area (Å²) < 4.78 is 1.82. The molecule has 1 atom stereocenters. The Morgan fingerprint density at radius 2 is 2.04 bits per heavy atom. The number of hydrogen-bond donors (Lipinski definition) is 1. The predicted molar refractivity (Wildman–Crippen MR) is 109 cm³/mol. The monoisotopic (exact) mass is 400 g/mol. The van der Waals surface area contributed by atoms with Crippen molar-refractivity contribution in [3.8, 4) is 5.69 Å². The van der Waals surface area contributed by atoms with Gasteiger partial charge in [0, 0.05) is 11.1 Å². The number of amides is 1. The van der Waals surface area contributed by atoms with E-state index in [-0.39, 0.29) is 17.7 Å². The molecule has 3 rings (SSSR count). The van der Waals surface area contributed by atoms with Crippen LogP contribution in [0.4, 0.5) is 0 Å². The number of carbonyl (C=O) groups excluding carboxylic acids is 1. The van der Waals surface area contributed by atoms with Gasteiger partial charge in [-0.1, -0.05) is 59.8 Å². The van der Waals surface area contributed by atoms with Gasteiger partial charge in [0.1, 0.15) is 6.33 Å². The molecule has 0 radical (unpaired) electrons. The summed E-state index contributed by atoms with van der Waals surface area (Å²) in [5, 5.41) is 12.4. The van der Waals surface area contributed by atoms with Crippen molar-refractivity contribution < 1.29 is 4.79 Å². The first-order valence-electron chi connectivity index (χ1n) is 8.74. The van der Waals surface area contributed by atoms with Crippen molar-refractivity contribution in [1.82, 2.24) is 20.1 Å². The van der Waals surface area contributed by atoms with Crippen LogP contribution in [-0.2, 0) is 11.2 Å². The predicted octanol–water partition coefficient (Wildman–Crippen LogP) is 4.15. The maximum atomic E-state index is 12.3. The summed E-state index contributed by atoms with van der Waals surface area (Å²) in [5.41, 5.74) is 2.15. The van der Waals surface area contributed by atoms with Gasteiger partial charge in [-0.05, 0) is 43.5 Å². The first-order chi connectivity index (χ1) is 13.1. The van der Waals surface area contributed by atoms with Gasteiger partial charge in [0.05, 0.1) is 11.4 Å². The normalized spacial score (nSPS) is 11.9. The zero-order valence-corrected chi connectivity index (χ0v) is 16.6. The number of hydrogen-bond acceptors (Lipinski definition) is 4. The Bertz CT molecular complexity index is 884. The van der Waals surface area contributed by atoms with Crippen LogP contribution in [0.5, 0.6) is 0 Å². The van der Waals surface area contributed by atoms with Gasteiger partial charge in [0.2, 0.25) is 5.91 Å². The lowest BCUT2D eigenvalue weighted by molar-refractivity contribution is -0.119. The van der Waals surface area contributed by atoms with E-state index in [1.807, 2.05) is 54.0 Å². The van der Waals surface area contributed by atoms with Crippen LogP contribution in [0, 0.1) is 0 Å². The molecule has 1 unspecified atom stereocenters. The summed E-state index contributed by atoms with van der Waals surface area (Å²) in [6.07, 6.45) is 3.46. The number of halogens is 1. The van der Waals surface area contributed by atoms with Crippen LogP contribution in [0.25, 0.3) is 5.69 Å². The van der Waals surface area contributed by atoms with E-state index in [0.717, 1.165) is 18.5 Å². The Kier molecular flexibility index (Phi) is 6.90. The van der Waals surface area contributed by atoms with Crippen molar-refractivity contribution in [3.05, 3.63) is 71.5 Å². The SMILES string of the molecule is CC(CCc1ccccc1)NC(=O)CSc1nncn1-c1cccc(Cl)c1. The molecule has 0 aliphatic heterocycles. The Labute approximate surface area is 168 Å². The maximum Gasteiger partial charge on any atom is 0.230 e. The zero-order chi connectivity index (χ0) is 19.1. The van der Waals surface area contributed by atoms with Crippen molar-refractivity contribution in [2.45, 2.75) is 31.0 Å². The van der Waals surface area contributed by atoms with Gasteiger partial charge >= 0.3 is 0 Å². The molecule has 2 aromatic carbocycles. The molecule has 1 amide bonds. The van der Waals surface area contributed by atoms with Crippen LogP contribution in [-0.4, -0.2) is 32.5 Å². The molecule has 27 heavy (non-hydrogen) atoms.